The van der Waals surface area contributed by atoms with Gasteiger partial charge in [-0.15, -0.1) is 0 Å². The molecule has 1 N–H and O–H groups in total. The van der Waals surface area contributed by atoms with Gasteiger partial charge in [-0.1, -0.05) is 32.0 Å². The zero-order chi connectivity index (χ0) is 15.5. The highest BCUT2D eigenvalue weighted by Crippen LogP contribution is 2.18. The Morgan fingerprint density at radius 1 is 1.33 bits per heavy atom. The van der Waals surface area contributed by atoms with E-state index in [4.69, 9.17) is 9.47 Å². The summed E-state index contributed by atoms with van der Waals surface area (Å²) in [5, 5.41) is 2.83. The van der Waals surface area contributed by atoms with Gasteiger partial charge in [-0.25, -0.2) is 0 Å². The van der Waals surface area contributed by atoms with Gasteiger partial charge in [-0.2, -0.15) is 0 Å². The van der Waals surface area contributed by atoms with Crippen molar-refractivity contribution in [1.29, 1.82) is 0 Å². The van der Waals surface area contributed by atoms with Gasteiger partial charge in [0.15, 0.2) is 0 Å². The van der Waals surface area contributed by atoms with E-state index in [1.807, 2.05) is 24.3 Å². The average Bonchev–Trinajstić information content (AvgIpc) is 2.48. The molecule has 0 heterocycles. The summed E-state index contributed by atoms with van der Waals surface area (Å²) in [4.78, 5) is 11.7. The van der Waals surface area contributed by atoms with Crippen molar-refractivity contribution in [3.8, 4) is 5.75 Å². The molecule has 4 heteroatoms. The molecule has 0 saturated carbocycles. The largest absolute Gasteiger partial charge is 0.496 e. The van der Waals surface area contributed by atoms with Gasteiger partial charge >= 0.3 is 0 Å². The molecule has 0 unspecified atom stereocenters. The monoisotopic (exact) mass is 291 g/mol. The van der Waals surface area contributed by atoms with Crippen LogP contribution in [0.4, 0.5) is 0 Å². The molecular weight excluding hydrogens is 266 g/mol. The molecule has 0 fully saturated rings. The lowest BCUT2D eigenvalue weighted by Gasteiger charge is -2.07. The van der Waals surface area contributed by atoms with Crippen LogP contribution in [0.25, 0.3) is 6.08 Å². The van der Waals surface area contributed by atoms with Crippen molar-refractivity contribution in [2.75, 3.05) is 26.9 Å². The SMILES string of the molecule is COc1ccccc1/C=C/C(=O)NCCCOCC(C)C. The zero-order valence-corrected chi connectivity index (χ0v) is 13.1. The van der Waals surface area contributed by atoms with Gasteiger partial charge in [-0.05, 0) is 24.5 Å². The molecule has 21 heavy (non-hydrogen) atoms. The first-order valence-corrected chi connectivity index (χ1v) is 7.30. The molecule has 1 amide bonds. The minimum atomic E-state index is -0.107. The Morgan fingerprint density at radius 3 is 2.81 bits per heavy atom. The Bertz CT molecular complexity index is 455. The van der Waals surface area contributed by atoms with Crippen LogP contribution in [-0.4, -0.2) is 32.8 Å². The molecular formula is C17H25NO3. The normalized spacial score (nSPS) is 11.0. The highest BCUT2D eigenvalue weighted by Gasteiger charge is 1.99. The van der Waals surface area contributed by atoms with E-state index in [1.165, 1.54) is 6.08 Å². The molecule has 1 aromatic rings. The van der Waals surface area contributed by atoms with E-state index in [-0.39, 0.29) is 5.91 Å². The van der Waals surface area contributed by atoms with Gasteiger partial charge in [-0.3, -0.25) is 4.79 Å². The fourth-order valence-corrected chi connectivity index (χ4v) is 1.73. The van der Waals surface area contributed by atoms with Crippen molar-refractivity contribution in [2.45, 2.75) is 20.3 Å². The smallest absolute Gasteiger partial charge is 0.244 e. The number of benzene rings is 1. The van der Waals surface area contributed by atoms with E-state index in [0.29, 0.717) is 19.1 Å². The van der Waals surface area contributed by atoms with Crippen molar-refractivity contribution in [3.63, 3.8) is 0 Å². The molecule has 0 aliphatic carbocycles. The first kappa shape index (κ1) is 17.2. The number of carbonyl (C=O) groups is 1. The van der Waals surface area contributed by atoms with E-state index in [0.717, 1.165) is 24.3 Å². The molecule has 0 saturated heterocycles. The summed E-state index contributed by atoms with van der Waals surface area (Å²) in [6.45, 7) is 6.29. The third-order valence-corrected chi connectivity index (χ3v) is 2.77. The van der Waals surface area contributed by atoms with Gasteiger partial charge in [0, 0.05) is 31.4 Å². The molecule has 0 spiro atoms. The summed E-state index contributed by atoms with van der Waals surface area (Å²) in [6.07, 6.45) is 4.09. The van der Waals surface area contributed by atoms with Gasteiger partial charge < -0.3 is 14.8 Å². The van der Waals surface area contributed by atoms with Crippen molar-refractivity contribution < 1.29 is 14.3 Å². The summed E-state index contributed by atoms with van der Waals surface area (Å²) in [6, 6.07) is 7.57. The van der Waals surface area contributed by atoms with Crippen LogP contribution in [0, 0.1) is 5.92 Å². The second-order valence-electron chi connectivity index (χ2n) is 5.19. The van der Waals surface area contributed by atoms with Crippen molar-refractivity contribution in [1.82, 2.24) is 5.32 Å². The predicted molar refractivity (Wildman–Crippen MR) is 85.3 cm³/mol. The number of rotatable bonds is 9. The zero-order valence-electron chi connectivity index (χ0n) is 13.1. The van der Waals surface area contributed by atoms with Gasteiger partial charge in [0.1, 0.15) is 5.75 Å². The number of methoxy groups -OCH3 is 1. The maximum atomic E-state index is 11.7. The maximum Gasteiger partial charge on any atom is 0.244 e. The Morgan fingerprint density at radius 2 is 2.10 bits per heavy atom. The van der Waals surface area contributed by atoms with Crippen LogP contribution in [0.3, 0.4) is 0 Å². The summed E-state index contributed by atoms with van der Waals surface area (Å²) in [5.41, 5.74) is 0.885. The van der Waals surface area contributed by atoms with Crippen LogP contribution in [0.1, 0.15) is 25.8 Å². The maximum absolute atomic E-state index is 11.7. The molecule has 1 rings (SSSR count). The number of carbonyl (C=O) groups excluding carboxylic acids is 1. The third kappa shape index (κ3) is 7.51. The van der Waals surface area contributed by atoms with Crippen LogP contribution in [0.5, 0.6) is 5.75 Å². The van der Waals surface area contributed by atoms with Gasteiger partial charge in [0.2, 0.25) is 5.91 Å². The number of ether oxygens (including phenoxy) is 2. The molecule has 0 aromatic heterocycles. The molecule has 116 valence electrons. The van der Waals surface area contributed by atoms with Crippen LogP contribution in [0.15, 0.2) is 30.3 Å². The lowest BCUT2D eigenvalue weighted by Crippen LogP contribution is -2.23. The Labute approximate surface area is 127 Å². The first-order valence-electron chi connectivity index (χ1n) is 7.30. The Balaban J connectivity index is 2.25. The molecule has 0 radical (unpaired) electrons. The molecule has 0 aliphatic rings. The summed E-state index contributed by atoms with van der Waals surface area (Å²) in [7, 11) is 1.61. The second-order valence-corrected chi connectivity index (χ2v) is 5.19. The molecule has 4 nitrogen and oxygen atoms in total. The predicted octanol–water partition coefficient (Wildman–Crippen LogP) is 2.89. The van der Waals surface area contributed by atoms with Gasteiger partial charge in [0.05, 0.1) is 7.11 Å². The van der Waals surface area contributed by atoms with Crippen LogP contribution in [0.2, 0.25) is 0 Å². The molecule has 0 aliphatic heterocycles. The summed E-state index contributed by atoms with van der Waals surface area (Å²) < 4.78 is 10.7. The molecule has 0 bridgehead atoms. The van der Waals surface area contributed by atoms with Crippen molar-refractivity contribution >= 4 is 12.0 Å². The Hall–Kier alpha value is -1.81. The van der Waals surface area contributed by atoms with Crippen molar-refractivity contribution in [3.05, 3.63) is 35.9 Å². The van der Waals surface area contributed by atoms with E-state index in [1.54, 1.807) is 13.2 Å². The Kier molecular flexibility index (Phi) is 8.21. The number of amides is 1. The van der Waals surface area contributed by atoms with E-state index < -0.39 is 0 Å². The molecule has 1 aromatic carbocycles. The average molecular weight is 291 g/mol. The summed E-state index contributed by atoms with van der Waals surface area (Å²) >= 11 is 0. The number of para-hydroxylation sites is 1. The first-order chi connectivity index (χ1) is 10.1. The quantitative estimate of drug-likeness (QED) is 0.562. The van der Waals surface area contributed by atoms with Crippen molar-refractivity contribution in [2.24, 2.45) is 5.92 Å². The van der Waals surface area contributed by atoms with E-state index >= 15 is 0 Å². The number of hydrogen-bond acceptors (Lipinski definition) is 3. The standard InChI is InChI=1S/C17H25NO3/c1-14(2)13-21-12-6-11-18-17(19)10-9-15-7-4-5-8-16(15)20-3/h4-5,7-10,14H,6,11-13H2,1-3H3,(H,18,19)/b10-9+. The second kappa shape index (κ2) is 10.00. The van der Waals surface area contributed by atoms with Crippen LogP contribution in [-0.2, 0) is 9.53 Å². The van der Waals surface area contributed by atoms with Crippen LogP contribution >= 0.6 is 0 Å². The lowest BCUT2D eigenvalue weighted by molar-refractivity contribution is -0.116. The topological polar surface area (TPSA) is 47.6 Å². The highest BCUT2D eigenvalue weighted by molar-refractivity contribution is 5.92. The fraction of sp³-hybridized carbons (Fsp3) is 0.471. The number of hydrogen-bond donors (Lipinski definition) is 1. The van der Waals surface area contributed by atoms with E-state index in [2.05, 4.69) is 19.2 Å². The molecule has 0 atom stereocenters. The van der Waals surface area contributed by atoms with Crippen LogP contribution < -0.4 is 10.1 Å². The minimum Gasteiger partial charge on any atom is -0.496 e. The van der Waals surface area contributed by atoms with Gasteiger partial charge in [0.25, 0.3) is 0 Å². The fourth-order valence-electron chi connectivity index (χ4n) is 1.73. The third-order valence-electron chi connectivity index (χ3n) is 2.77. The summed E-state index contributed by atoms with van der Waals surface area (Å²) in [5.74, 6) is 1.19. The lowest BCUT2D eigenvalue weighted by atomic mass is 10.2. The number of nitrogens with one attached hydrogen (secondary N) is 1. The minimum absolute atomic E-state index is 0.107. The van der Waals surface area contributed by atoms with E-state index in [9.17, 15) is 4.79 Å². The highest BCUT2D eigenvalue weighted by atomic mass is 16.5.